The molecule has 0 saturated heterocycles. The van der Waals surface area contributed by atoms with Gasteiger partial charge in [-0.15, -0.1) is 0 Å². The topological polar surface area (TPSA) is 38.9 Å². The molecule has 3 aromatic rings. The van der Waals surface area contributed by atoms with Crippen LogP contribution in [0.2, 0.25) is 0 Å². The van der Waals surface area contributed by atoms with Gasteiger partial charge in [-0.25, -0.2) is 4.98 Å². The summed E-state index contributed by atoms with van der Waals surface area (Å²) in [4.78, 5) is 4.81. The van der Waals surface area contributed by atoms with Crippen LogP contribution in [0.25, 0.3) is 21.8 Å². The zero-order chi connectivity index (χ0) is 17.5. The molecule has 0 atom stereocenters. The van der Waals surface area contributed by atoms with Gasteiger partial charge in [0.15, 0.2) is 0 Å². The fourth-order valence-corrected chi connectivity index (χ4v) is 3.57. The molecular formula is C23H30N2. The molecule has 2 aromatic carbocycles. The van der Waals surface area contributed by atoms with E-state index in [2.05, 4.69) is 37.3 Å². The number of unbranched alkanes of at least 4 members (excludes halogenated alkanes) is 7. The Morgan fingerprint density at radius 1 is 0.800 bits per heavy atom. The number of para-hydroxylation sites is 1. The number of fused-ring (bicyclic) bond motifs is 2. The van der Waals surface area contributed by atoms with E-state index in [-0.39, 0.29) is 0 Å². The van der Waals surface area contributed by atoms with E-state index in [0.29, 0.717) is 0 Å². The van der Waals surface area contributed by atoms with Crippen molar-refractivity contribution >= 4 is 27.5 Å². The molecule has 0 aliphatic heterocycles. The van der Waals surface area contributed by atoms with Crippen molar-refractivity contribution < 1.29 is 0 Å². The van der Waals surface area contributed by atoms with E-state index in [1.165, 1.54) is 56.9 Å². The summed E-state index contributed by atoms with van der Waals surface area (Å²) in [5.74, 6) is 0. The van der Waals surface area contributed by atoms with Crippen molar-refractivity contribution in [2.75, 3.05) is 5.73 Å². The van der Waals surface area contributed by atoms with E-state index >= 15 is 0 Å². The number of rotatable bonds is 9. The van der Waals surface area contributed by atoms with Gasteiger partial charge in [0.05, 0.1) is 11.0 Å². The third-order valence-electron chi connectivity index (χ3n) is 5.05. The molecule has 1 aromatic heterocycles. The summed E-state index contributed by atoms with van der Waals surface area (Å²) in [5.41, 5.74) is 10.5. The SMILES string of the molecule is CCCCCCCCCCc1cc(N)c2cc3ccccc3nc2c1. The Morgan fingerprint density at radius 3 is 2.32 bits per heavy atom. The number of benzene rings is 2. The van der Waals surface area contributed by atoms with Crippen molar-refractivity contribution in [2.24, 2.45) is 0 Å². The van der Waals surface area contributed by atoms with Gasteiger partial charge in [0.2, 0.25) is 0 Å². The van der Waals surface area contributed by atoms with Crippen LogP contribution >= 0.6 is 0 Å². The average Bonchev–Trinajstić information content (AvgIpc) is 2.62. The molecule has 0 fully saturated rings. The van der Waals surface area contributed by atoms with Crippen LogP contribution in [0.15, 0.2) is 42.5 Å². The number of nitrogen functional groups attached to an aromatic ring is 1. The highest BCUT2D eigenvalue weighted by molar-refractivity contribution is 5.99. The van der Waals surface area contributed by atoms with Gasteiger partial charge in [-0.1, -0.05) is 70.1 Å². The Labute approximate surface area is 151 Å². The third-order valence-corrected chi connectivity index (χ3v) is 5.05. The molecule has 0 saturated carbocycles. The number of aryl methyl sites for hydroxylation is 1. The van der Waals surface area contributed by atoms with Crippen molar-refractivity contribution in [3.63, 3.8) is 0 Å². The molecule has 2 heteroatoms. The number of anilines is 1. The normalized spacial score (nSPS) is 11.4. The lowest BCUT2D eigenvalue weighted by atomic mass is 10.0. The predicted molar refractivity (Wildman–Crippen MR) is 110 cm³/mol. The molecule has 1 heterocycles. The fraction of sp³-hybridized carbons (Fsp3) is 0.435. The Bertz CT molecular complexity index is 823. The third kappa shape index (κ3) is 4.72. The summed E-state index contributed by atoms with van der Waals surface area (Å²) in [6.45, 7) is 2.27. The molecule has 0 radical (unpaired) electrons. The maximum Gasteiger partial charge on any atom is 0.0733 e. The molecule has 0 spiro atoms. The quantitative estimate of drug-likeness (QED) is 0.270. The minimum atomic E-state index is 0.852. The fourth-order valence-electron chi connectivity index (χ4n) is 3.57. The summed E-state index contributed by atoms with van der Waals surface area (Å²) < 4.78 is 0. The smallest absolute Gasteiger partial charge is 0.0733 e. The molecule has 0 amide bonds. The maximum absolute atomic E-state index is 6.31. The van der Waals surface area contributed by atoms with Crippen LogP contribution < -0.4 is 5.73 Å². The van der Waals surface area contributed by atoms with Crippen LogP contribution in [0.1, 0.15) is 63.9 Å². The van der Waals surface area contributed by atoms with E-state index in [9.17, 15) is 0 Å². The standard InChI is InChI=1S/C23H30N2/c1-2-3-4-5-6-7-8-9-12-18-15-21(24)20-17-19-13-10-11-14-22(19)25-23(20)16-18/h10-11,13-17H,2-9,12,24H2,1H3. The van der Waals surface area contributed by atoms with E-state index in [0.717, 1.165) is 33.9 Å². The molecule has 2 N–H and O–H groups in total. The molecule has 0 bridgehead atoms. The van der Waals surface area contributed by atoms with Crippen molar-refractivity contribution in [3.05, 3.63) is 48.0 Å². The van der Waals surface area contributed by atoms with Gasteiger partial charge in [0.25, 0.3) is 0 Å². The van der Waals surface area contributed by atoms with Gasteiger partial charge < -0.3 is 5.73 Å². The Balaban J connectivity index is 1.60. The number of nitrogens with two attached hydrogens (primary N) is 1. The van der Waals surface area contributed by atoms with Crippen LogP contribution in [0, 0.1) is 0 Å². The van der Waals surface area contributed by atoms with Gasteiger partial charge >= 0.3 is 0 Å². The van der Waals surface area contributed by atoms with Crippen LogP contribution in [0.3, 0.4) is 0 Å². The van der Waals surface area contributed by atoms with Crippen LogP contribution in [0.4, 0.5) is 5.69 Å². The zero-order valence-electron chi connectivity index (χ0n) is 15.4. The van der Waals surface area contributed by atoms with Crippen molar-refractivity contribution in [1.82, 2.24) is 4.98 Å². The Hall–Kier alpha value is -2.09. The Morgan fingerprint density at radius 2 is 1.52 bits per heavy atom. The van der Waals surface area contributed by atoms with Gasteiger partial charge in [-0.2, -0.15) is 0 Å². The first-order valence-electron chi connectivity index (χ1n) is 9.86. The molecule has 0 unspecified atom stereocenters. The maximum atomic E-state index is 6.31. The molecule has 25 heavy (non-hydrogen) atoms. The van der Waals surface area contributed by atoms with E-state index < -0.39 is 0 Å². The minimum Gasteiger partial charge on any atom is -0.398 e. The zero-order valence-corrected chi connectivity index (χ0v) is 15.4. The number of aromatic nitrogens is 1. The van der Waals surface area contributed by atoms with E-state index in [4.69, 9.17) is 10.7 Å². The molecule has 3 rings (SSSR count). The largest absolute Gasteiger partial charge is 0.398 e. The van der Waals surface area contributed by atoms with Gasteiger partial charge in [0.1, 0.15) is 0 Å². The van der Waals surface area contributed by atoms with Crippen LogP contribution in [-0.2, 0) is 6.42 Å². The lowest BCUT2D eigenvalue weighted by Crippen LogP contribution is -1.94. The number of hydrogen-bond acceptors (Lipinski definition) is 2. The van der Waals surface area contributed by atoms with Gasteiger partial charge in [-0.05, 0) is 42.7 Å². The van der Waals surface area contributed by atoms with Crippen molar-refractivity contribution in [1.29, 1.82) is 0 Å². The number of hydrogen-bond donors (Lipinski definition) is 1. The summed E-state index contributed by atoms with van der Waals surface area (Å²) >= 11 is 0. The Kier molecular flexibility index (Phi) is 6.27. The summed E-state index contributed by atoms with van der Waals surface area (Å²) in [7, 11) is 0. The predicted octanol–water partition coefficient (Wildman–Crippen LogP) is 6.65. The first-order valence-corrected chi connectivity index (χ1v) is 9.86. The highest BCUT2D eigenvalue weighted by Gasteiger charge is 2.05. The number of pyridine rings is 1. The summed E-state index contributed by atoms with van der Waals surface area (Å²) in [6, 6.07) is 14.8. The second kappa shape index (κ2) is 8.84. The van der Waals surface area contributed by atoms with Crippen molar-refractivity contribution in [3.8, 4) is 0 Å². The van der Waals surface area contributed by atoms with Gasteiger partial charge in [-0.3, -0.25) is 0 Å². The monoisotopic (exact) mass is 334 g/mol. The number of nitrogens with zero attached hydrogens (tertiary/aromatic N) is 1. The first-order chi connectivity index (χ1) is 12.3. The molecular weight excluding hydrogens is 304 g/mol. The molecule has 0 aliphatic rings. The second-order valence-electron chi connectivity index (χ2n) is 7.16. The highest BCUT2D eigenvalue weighted by Crippen LogP contribution is 2.26. The molecule has 132 valence electrons. The van der Waals surface area contributed by atoms with E-state index in [1.807, 2.05) is 12.1 Å². The summed E-state index contributed by atoms with van der Waals surface area (Å²) in [5, 5.41) is 2.22. The van der Waals surface area contributed by atoms with Crippen molar-refractivity contribution in [2.45, 2.75) is 64.7 Å². The lowest BCUT2D eigenvalue weighted by molar-refractivity contribution is 0.575. The first kappa shape index (κ1) is 17.7. The highest BCUT2D eigenvalue weighted by atomic mass is 14.7. The average molecular weight is 335 g/mol. The second-order valence-corrected chi connectivity index (χ2v) is 7.16. The van der Waals surface area contributed by atoms with E-state index in [1.54, 1.807) is 0 Å². The molecule has 0 aliphatic carbocycles. The minimum absolute atomic E-state index is 0.852. The van der Waals surface area contributed by atoms with Crippen LogP contribution in [-0.4, -0.2) is 4.98 Å². The molecule has 2 nitrogen and oxygen atoms in total. The summed E-state index contributed by atoms with van der Waals surface area (Å²) in [6.07, 6.45) is 11.9. The van der Waals surface area contributed by atoms with Gasteiger partial charge in [0, 0.05) is 16.5 Å². The lowest BCUT2D eigenvalue weighted by Gasteiger charge is -2.08. The van der Waals surface area contributed by atoms with Crippen LogP contribution in [0.5, 0.6) is 0 Å².